The van der Waals surface area contributed by atoms with Crippen LogP contribution in [0.2, 0.25) is 0 Å². The quantitative estimate of drug-likeness (QED) is 0.892. The predicted octanol–water partition coefficient (Wildman–Crippen LogP) is 2.29. The van der Waals surface area contributed by atoms with Crippen molar-refractivity contribution in [3.05, 3.63) is 36.5 Å². The molecule has 1 saturated carbocycles. The molecular weight excluding hydrogens is 238 g/mol. The predicted molar refractivity (Wildman–Crippen MR) is 76.4 cm³/mol. The fourth-order valence-electron chi connectivity index (χ4n) is 2.23. The second-order valence-electron chi connectivity index (χ2n) is 5.15. The van der Waals surface area contributed by atoms with E-state index in [9.17, 15) is 0 Å². The van der Waals surface area contributed by atoms with Crippen molar-refractivity contribution < 1.29 is 0 Å². The van der Waals surface area contributed by atoms with E-state index in [2.05, 4.69) is 25.9 Å². The molecule has 1 aliphatic carbocycles. The van der Waals surface area contributed by atoms with E-state index in [1.165, 1.54) is 18.5 Å². The molecule has 0 aromatic carbocycles. The highest BCUT2D eigenvalue weighted by Gasteiger charge is 2.25. The Morgan fingerprint density at radius 3 is 3.00 bits per heavy atom. The molecule has 5 heteroatoms. The molecule has 0 atom stereocenters. The molecule has 2 aromatic rings. The molecule has 1 aliphatic rings. The SMILES string of the molecule is CN(C)c1ncccc1NCc1cncn1C1CC1. The van der Waals surface area contributed by atoms with Gasteiger partial charge in [-0.25, -0.2) is 9.97 Å². The van der Waals surface area contributed by atoms with Crippen molar-refractivity contribution in [3.8, 4) is 0 Å². The van der Waals surface area contributed by atoms with E-state index in [-0.39, 0.29) is 0 Å². The summed E-state index contributed by atoms with van der Waals surface area (Å²) in [7, 11) is 4.00. The zero-order chi connectivity index (χ0) is 13.2. The highest BCUT2D eigenvalue weighted by Crippen LogP contribution is 2.35. The van der Waals surface area contributed by atoms with Gasteiger partial charge in [0.15, 0.2) is 5.82 Å². The summed E-state index contributed by atoms with van der Waals surface area (Å²) >= 11 is 0. The van der Waals surface area contributed by atoms with Crippen molar-refractivity contribution in [1.82, 2.24) is 14.5 Å². The Morgan fingerprint density at radius 1 is 1.42 bits per heavy atom. The Kier molecular flexibility index (Phi) is 3.11. The number of hydrogen-bond acceptors (Lipinski definition) is 4. The molecule has 2 heterocycles. The van der Waals surface area contributed by atoms with Crippen LogP contribution < -0.4 is 10.2 Å². The summed E-state index contributed by atoms with van der Waals surface area (Å²) in [5, 5.41) is 3.46. The van der Waals surface area contributed by atoms with Crippen LogP contribution in [0.4, 0.5) is 11.5 Å². The lowest BCUT2D eigenvalue weighted by atomic mass is 10.3. The normalized spacial score (nSPS) is 14.4. The maximum atomic E-state index is 4.39. The van der Waals surface area contributed by atoms with Crippen LogP contribution in [-0.4, -0.2) is 28.6 Å². The van der Waals surface area contributed by atoms with Gasteiger partial charge >= 0.3 is 0 Å². The van der Waals surface area contributed by atoms with Gasteiger partial charge in [0.25, 0.3) is 0 Å². The lowest BCUT2D eigenvalue weighted by molar-refractivity contribution is 0.701. The highest BCUT2D eigenvalue weighted by atomic mass is 15.2. The number of nitrogens with zero attached hydrogens (tertiary/aromatic N) is 4. The molecule has 1 N–H and O–H groups in total. The molecular formula is C14H19N5. The van der Waals surface area contributed by atoms with Crippen LogP contribution in [0.3, 0.4) is 0 Å². The van der Waals surface area contributed by atoms with Crippen molar-refractivity contribution in [3.63, 3.8) is 0 Å². The topological polar surface area (TPSA) is 46.0 Å². The smallest absolute Gasteiger partial charge is 0.151 e. The van der Waals surface area contributed by atoms with E-state index in [1.54, 1.807) is 0 Å². The minimum Gasteiger partial charge on any atom is -0.376 e. The Bertz CT molecular complexity index is 556. The number of anilines is 2. The molecule has 19 heavy (non-hydrogen) atoms. The van der Waals surface area contributed by atoms with E-state index >= 15 is 0 Å². The first kappa shape index (κ1) is 12.0. The van der Waals surface area contributed by atoms with Crippen LogP contribution >= 0.6 is 0 Å². The Labute approximate surface area is 113 Å². The van der Waals surface area contributed by atoms with Gasteiger partial charge in [-0.15, -0.1) is 0 Å². The fraction of sp³-hybridized carbons (Fsp3) is 0.429. The molecule has 0 bridgehead atoms. The van der Waals surface area contributed by atoms with Crippen LogP contribution in [0.1, 0.15) is 24.6 Å². The first-order valence-corrected chi connectivity index (χ1v) is 6.62. The third kappa shape index (κ3) is 2.54. The van der Waals surface area contributed by atoms with E-state index < -0.39 is 0 Å². The summed E-state index contributed by atoms with van der Waals surface area (Å²) in [6.07, 6.45) is 8.25. The summed E-state index contributed by atoms with van der Waals surface area (Å²) in [5.41, 5.74) is 2.28. The number of rotatable bonds is 5. The molecule has 1 fully saturated rings. The van der Waals surface area contributed by atoms with Crippen LogP contribution in [-0.2, 0) is 6.54 Å². The number of nitrogens with one attached hydrogen (secondary N) is 1. The summed E-state index contributed by atoms with van der Waals surface area (Å²) < 4.78 is 2.28. The van der Waals surface area contributed by atoms with Crippen LogP contribution in [0.25, 0.3) is 0 Å². The molecule has 0 unspecified atom stereocenters. The van der Waals surface area contributed by atoms with E-state index in [1.807, 2.05) is 43.8 Å². The van der Waals surface area contributed by atoms with Crippen molar-refractivity contribution in [2.75, 3.05) is 24.3 Å². The molecule has 2 aromatic heterocycles. The van der Waals surface area contributed by atoms with E-state index in [0.717, 1.165) is 18.1 Å². The van der Waals surface area contributed by atoms with Crippen molar-refractivity contribution in [2.45, 2.75) is 25.4 Å². The number of imidazole rings is 1. The Balaban J connectivity index is 1.73. The lowest BCUT2D eigenvalue weighted by Gasteiger charge is -2.17. The lowest BCUT2D eigenvalue weighted by Crippen LogP contribution is -2.14. The van der Waals surface area contributed by atoms with Gasteiger partial charge < -0.3 is 14.8 Å². The van der Waals surface area contributed by atoms with Crippen LogP contribution in [0, 0.1) is 0 Å². The van der Waals surface area contributed by atoms with E-state index in [0.29, 0.717) is 6.04 Å². The van der Waals surface area contributed by atoms with Gasteiger partial charge in [0.1, 0.15) is 0 Å². The van der Waals surface area contributed by atoms with Crippen LogP contribution in [0.5, 0.6) is 0 Å². The molecule has 0 radical (unpaired) electrons. The number of hydrogen-bond donors (Lipinski definition) is 1. The average molecular weight is 257 g/mol. The standard InChI is InChI=1S/C14H19N5/c1-18(2)14-13(4-3-7-16-14)17-9-12-8-15-10-19(12)11-5-6-11/h3-4,7-8,10-11,17H,5-6,9H2,1-2H3. The molecule has 100 valence electrons. The summed E-state index contributed by atoms with van der Waals surface area (Å²) in [6, 6.07) is 4.68. The maximum Gasteiger partial charge on any atom is 0.151 e. The Hall–Kier alpha value is -2.04. The van der Waals surface area contributed by atoms with Gasteiger partial charge in [0.05, 0.1) is 24.3 Å². The van der Waals surface area contributed by atoms with E-state index in [4.69, 9.17) is 0 Å². The van der Waals surface area contributed by atoms with Gasteiger partial charge in [0.2, 0.25) is 0 Å². The third-order valence-electron chi connectivity index (χ3n) is 3.36. The highest BCUT2D eigenvalue weighted by molar-refractivity contribution is 5.64. The largest absolute Gasteiger partial charge is 0.376 e. The second kappa shape index (κ2) is 4.91. The molecule has 0 amide bonds. The van der Waals surface area contributed by atoms with Crippen LogP contribution in [0.15, 0.2) is 30.9 Å². The van der Waals surface area contributed by atoms with Crippen molar-refractivity contribution >= 4 is 11.5 Å². The maximum absolute atomic E-state index is 4.39. The summed E-state index contributed by atoms with van der Waals surface area (Å²) in [4.78, 5) is 10.7. The first-order valence-electron chi connectivity index (χ1n) is 6.62. The molecule has 5 nitrogen and oxygen atoms in total. The van der Waals surface area contributed by atoms with Gasteiger partial charge in [-0.05, 0) is 25.0 Å². The minimum atomic E-state index is 0.668. The monoisotopic (exact) mass is 257 g/mol. The van der Waals surface area contributed by atoms with Gasteiger partial charge in [-0.1, -0.05) is 0 Å². The minimum absolute atomic E-state index is 0.668. The summed E-state index contributed by atoms with van der Waals surface area (Å²) in [6.45, 7) is 0.781. The third-order valence-corrected chi connectivity index (χ3v) is 3.36. The van der Waals surface area contributed by atoms with Gasteiger partial charge in [-0.2, -0.15) is 0 Å². The number of pyridine rings is 1. The van der Waals surface area contributed by atoms with Crippen molar-refractivity contribution in [1.29, 1.82) is 0 Å². The molecule has 3 rings (SSSR count). The zero-order valence-electron chi connectivity index (χ0n) is 11.4. The molecule has 0 aliphatic heterocycles. The van der Waals surface area contributed by atoms with Gasteiger partial charge in [-0.3, -0.25) is 0 Å². The summed E-state index contributed by atoms with van der Waals surface area (Å²) in [5.74, 6) is 0.958. The molecule has 0 spiro atoms. The Morgan fingerprint density at radius 2 is 2.26 bits per heavy atom. The first-order chi connectivity index (χ1) is 9.25. The fourth-order valence-corrected chi connectivity index (χ4v) is 2.23. The van der Waals surface area contributed by atoms with Crippen molar-refractivity contribution in [2.24, 2.45) is 0 Å². The molecule has 0 saturated heterocycles. The van der Waals surface area contributed by atoms with Gasteiger partial charge in [0, 0.05) is 32.5 Å². The second-order valence-corrected chi connectivity index (χ2v) is 5.15. The average Bonchev–Trinajstić information content (AvgIpc) is 3.15. The zero-order valence-corrected chi connectivity index (χ0v) is 11.4. The number of aromatic nitrogens is 3.